The summed E-state index contributed by atoms with van der Waals surface area (Å²) in [6.07, 6.45) is 0. The summed E-state index contributed by atoms with van der Waals surface area (Å²) in [4.78, 5) is 12.2. The molecule has 1 aromatic carbocycles. The summed E-state index contributed by atoms with van der Waals surface area (Å²) in [5.41, 5.74) is 5.00. The summed E-state index contributed by atoms with van der Waals surface area (Å²) in [6.45, 7) is 5.44. The van der Waals surface area contributed by atoms with E-state index >= 15 is 0 Å². The van der Waals surface area contributed by atoms with Crippen LogP contribution in [-0.2, 0) is 14.6 Å². The van der Waals surface area contributed by atoms with Gasteiger partial charge >= 0.3 is 0 Å². The topological polar surface area (TPSA) is 98.5 Å². The van der Waals surface area contributed by atoms with Gasteiger partial charge in [0.1, 0.15) is 5.75 Å². The highest BCUT2D eigenvalue weighted by atomic mass is 32.2. The van der Waals surface area contributed by atoms with Crippen molar-refractivity contribution in [3.05, 3.63) is 24.3 Å². The Morgan fingerprint density at radius 2 is 1.86 bits per heavy atom. The molecule has 0 aliphatic heterocycles. The molecule has 0 spiro atoms. The Morgan fingerprint density at radius 3 is 2.32 bits per heavy atom. The highest BCUT2D eigenvalue weighted by Crippen LogP contribution is 2.18. The van der Waals surface area contributed by atoms with Crippen LogP contribution in [-0.4, -0.2) is 39.3 Å². The minimum Gasteiger partial charge on any atom is -0.497 e. The SMILES string of the molecule is COc1ccc(S(=O)(=O)CC(C)C(=O)NC(C)(C)CN)cc1. The Hall–Kier alpha value is -1.60. The summed E-state index contributed by atoms with van der Waals surface area (Å²) in [6, 6.07) is 6.11. The van der Waals surface area contributed by atoms with Crippen LogP contribution in [0.5, 0.6) is 5.75 Å². The lowest BCUT2D eigenvalue weighted by Gasteiger charge is -2.26. The Bertz CT molecular complexity index is 609. The van der Waals surface area contributed by atoms with Gasteiger partial charge in [-0.15, -0.1) is 0 Å². The van der Waals surface area contributed by atoms with Gasteiger partial charge in [-0.2, -0.15) is 0 Å². The van der Waals surface area contributed by atoms with Crippen LogP contribution in [0.2, 0.25) is 0 Å². The van der Waals surface area contributed by atoms with Gasteiger partial charge in [0.25, 0.3) is 0 Å². The predicted molar refractivity (Wildman–Crippen MR) is 85.5 cm³/mol. The van der Waals surface area contributed by atoms with Gasteiger partial charge in [0.15, 0.2) is 9.84 Å². The summed E-state index contributed by atoms with van der Waals surface area (Å²) in [5, 5.41) is 2.75. The molecule has 0 aromatic heterocycles. The van der Waals surface area contributed by atoms with Crippen molar-refractivity contribution in [2.45, 2.75) is 31.2 Å². The number of sulfone groups is 1. The van der Waals surface area contributed by atoms with Crippen LogP contribution in [0.1, 0.15) is 20.8 Å². The number of hydrogen-bond acceptors (Lipinski definition) is 5. The van der Waals surface area contributed by atoms with Crippen LogP contribution in [0.25, 0.3) is 0 Å². The molecule has 1 unspecified atom stereocenters. The lowest BCUT2D eigenvalue weighted by atomic mass is 10.0. The second-order valence-electron chi connectivity index (χ2n) is 5.94. The fourth-order valence-corrected chi connectivity index (χ4v) is 3.34. The largest absolute Gasteiger partial charge is 0.497 e. The molecule has 1 rings (SSSR count). The maximum Gasteiger partial charge on any atom is 0.224 e. The van der Waals surface area contributed by atoms with Crippen molar-refractivity contribution >= 4 is 15.7 Å². The molecular formula is C15H24N2O4S. The maximum atomic E-state index is 12.3. The minimum atomic E-state index is -3.54. The molecule has 0 saturated carbocycles. The first-order valence-corrected chi connectivity index (χ1v) is 8.65. The van der Waals surface area contributed by atoms with Gasteiger partial charge in [-0.3, -0.25) is 4.79 Å². The van der Waals surface area contributed by atoms with Crippen LogP contribution in [0, 0.1) is 5.92 Å². The van der Waals surface area contributed by atoms with Gasteiger partial charge in [-0.05, 0) is 38.1 Å². The number of ether oxygens (including phenoxy) is 1. The molecule has 0 heterocycles. The van der Waals surface area contributed by atoms with E-state index in [1.54, 1.807) is 32.9 Å². The molecule has 3 N–H and O–H groups in total. The third kappa shape index (κ3) is 4.99. The Labute approximate surface area is 132 Å². The number of amides is 1. The third-order valence-corrected chi connectivity index (χ3v) is 5.24. The molecule has 0 aliphatic carbocycles. The normalized spacial score (nSPS) is 13.5. The molecule has 1 amide bonds. The van der Waals surface area contributed by atoms with Gasteiger partial charge in [0.2, 0.25) is 5.91 Å². The van der Waals surface area contributed by atoms with Crippen LogP contribution >= 0.6 is 0 Å². The van der Waals surface area contributed by atoms with E-state index in [4.69, 9.17) is 10.5 Å². The summed E-state index contributed by atoms with van der Waals surface area (Å²) < 4.78 is 29.7. The summed E-state index contributed by atoms with van der Waals surface area (Å²) in [7, 11) is -2.03. The van der Waals surface area contributed by atoms with E-state index in [1.165, 1.54) is 19.2 Å². The van der Waals surface area contributed by atoms with Crippen LogP contribution in [0.4, 0.5) is 0 Å². The highest BCUT2D eigenvalue weighted by Gasteiger charge is 2.26. The van der Waals surface area contributed by atoms with Crippen LogP contribution < -0.4 is 15.8 Å². The quantitative estimate of drug-likeness (QED) is 0.777. The molecule has 1 aromatic rings. The average Bonchev–Trinajstić information content (AvgIpc) is 2.46. The smallest absolute Gasteiger partial charge is 0.224 e. The molecular weight excluding hydrogens is 304 g/mol. The maximum absolute atomic E-state index is 12.3. The second kappa shape index (κ2) is 7.11. The molecule has 0 saturated heterocycles. The van der Waals surface area contributed by atoms with E-state index in [-0.39, 0.29) is 23.1 Å². The zero-order chi connectivity index (χ0) is 17.0. The van der Waals surface area contributed by atoms with E-state index in [0.717, 1.165) is 0 Å². The van der Waals surface area contributed by atoms with E-state index in [1.807, 2.05) is 0 Å². The fraction of sp³-hybridized carbons (Fsp3) is 0.533. The van der Waals surface area contributed by atoms with Gasteiger partial charge in [0, 0.05) is 18.0 Å². The molecule has 0 radical (unpaired) electrons. The predicted octanol–water partition coefficient (Wildman–Crippen LogP) is 0.959. The van der Waals surface area contributed by atoms with Gasteiger partial charge in [0.05, 0.1) is 17.8 Å². The van der Waals surface area contributed by atoms with Gasteiger partial charge < -0.3 is 15.8 Å². The van der Waals surface area contributed by atoms with Crippen molar-refractivity contribution < 1.29 is 17.9 Å². The summed E-state index contributed by atoms with van der Waals surface area (Å²) in [5.74, 6) is -0.675. The molecule has 0 aliphatic rings. The number of methoxy groups -OCH3 is 1. The van der Waals surface area contributed by atoms with E-state index in [9.17, 15) is 13.2 Å². The molecule has 6 nitrogen and oxygen atoms in total. The number of nitrogens with two attached hydrogens (primary N) is 1. The standard InChI is InChI=1S/C15H24N2O4S/c1-11(14(18)17-15(2,3)10-16)9-22(19,20)13-7-5-12(21-4)6-8-13/h5-8,11H,9-10,16H2,1-4H3,(H,17,18). The number of nitrogens with one attached hydrogen (secondary N) is 1. The minimum absolute atomic E-state index is 0.172. The first-order chi connectivity index (χ1) is 10.1. The number of rotatable bonds is 7. The van der Waals surface area contributed by atoms with Crippen molar-refractivity contribution in [2.75, 3.05) is 19.4 Å². The Kier molecular flexibility index (Phi) is 5.96. The first kappa shape index (κ1) is 18.4. The van der Waals surface area contributed by atoms with Gasteiger partial charge in [-0.25, -0.2) is 8.42 Å². The average molecular weight is 328 g/mol. The van der Waals surface area contributed by atoms with E-state index < -0.39 is 21.3 Å². The number of carbonyl (C=O) groups excluding carboxylic acids is 1. The number of hydrogen-bond donors (Lipinski definition) is 2. The number of carbonyl (C=O) groups is 1. The monoisotopic (exact) mass is 328 g/mol. The van der Waals surface area contributed by atoms with Crippen LogP contribution in [0.15, 0.2) is 29.2 Å². The zero-order valence-electron chi connectivity index (χ0n) is 13.4. The molecule has 1 atom stereocenters. The van der Waals surface area contributed by atoms with Gasteiger partial charge in [-0.1, -0.05) is 6.92 Å². The lowest BCUT2D eigenvalue weighted by Crippen LogP contribution is -2.51. The zero-order valence-corrected chi connectivity index (χ0v) is 14.2. The van der Waals surface area contributed by atoms with Crippen molar-refractivity contribution in [1.29, 1.82) is 0 Å². The lowest BCUT2D eigenvalue weighted by molar-refractivity contribution is -0.125. The van der Waals surface area contributed by atoms with E-state index in [2.05, 4.69) is 5.32 Å². The van der Waals surface area contributed by atoms with Crippen LogP contribution in [0.3, 0.4) is 0 Å². The van der Waals surface area contributed by atoms with Crippen molar-refractivity contribution in [3.63, 3.8) is 0 Å². The van der Waals surface area contributed by atoms with E-state index in [0.29, 0.717) is 5.75 Å². The molecule has 124 valence electrons. The highest BCUT2D eigenvalue weighted by molar-refractivity contribution is 7.91. The molecule has 0 bridgehead atoms. The third-order valence-electron chi connectivity index (χ3n) is 3.31. The molecule has 0 fully saturated rings. The fourth-order valence-electron chi connectivity index (χ4n) is 1.79. The summed E-state index contributed by atoms with van der Waals surface area (Å²) >= 11 is 0. The molecule has 22 heavy (non-hydrogen) atoms. The molecule has 7 heteroatoms. The second-order valence-corrected chi connectivity index (χ2v) is 7.97. The Morgan fingerprint density at radius 1 is 1.32 bits per heavy atom. The number of benzene rings is 1. The van der Waals surface area contributed by atoms with Crippen molar-refractivity contribution in [3.8, 4) is 5.75 Å². The first-order valence-electron chi connectivity index (χ1n) is 7.00. The van der Waals surface area contributed by atoms with Crippen molar-refractivity contribution in [2.24, 2.45) is 11.7 Å². The van der Waals surface area contributed by atoms with Crippen molar-refractivity contribution in [1.82, 2.24) is 5.32 Å². The Balaban J connectivity index is 2.80.